The van der Waals surface area contributed by atoms with E-state index >= 15 is 0 Å². The van der Waals surface area contributed by atoms with Crippen molar-refractivity contribution in [3.05, 3.63) is 46.4 Å². The third-order valence-electron chi connectivity index (χ3n) is 4.17. The van der Waals surface area contributed by atoms with Crippen LogP contribution in [0.25, 0.3) is 16.8 Å². The number of para-hydroxylation sites is 2. The van der Waals surface area contributed by atoms with E-state index in [1.54, 1.807) is 10.5 Å². The van der Waals surface area contributed by atoms with Gasteiger partial charge in [0.15, 0.2) is 0 Å². The number of benzene rings is 1. The Kier molecular flexibility index (Phi) is 2.82. The average Bonchev–Trinajstić information content (AvgIpc) is 3.10. The lowest BCUT2D eigenvalue weighted by atomic mass is 10.2. The van der Waals surface area contributed by atoms with Crippen molar-refractivity contribution < 1.29 is 4.74 Å². The van der Waals surface area contributed by atoms with Gasteiger partial charge in [0, 0.05) is 18.4 Å². The van der Waals surface area contributed by atoms with E-state index in [-0.39, 0.29) is 11.7 Å². The Bertz CT molecular complexity index is 872. The fourth-order valence-electron chi connectivity index (χ4n) is 3.11. The van der Waals surface area contributed by atoms with Crippen LogP contribution in [-0.2, 0) is 11.3 Å². The van der Waals surface area contributed by atoms with Crippen LogP contribution in [0.4, 0.5) is 0 Å². The van der Waals surface area contributed by atoms with E-state index in [4.69, 9.17) is 4.74 Å². The van der Waals surface area contributed by atoms with Crippen molar-refractivity contribution >= 4 is 16.8 Å². The fourth-order valence-corrected chi connectivity index (χ4v) is 3.11. The molecule has 1 unspecified atom stereocenters. The van der Waals surface area contributed by atoms with Crippen LogP contribution >= 0.6 is 0 Å². The maximum atomic E-state index is 12.3. The molecule has 1 aliphatic heterocycles. The summed E-state index contributed by atoms with van der Waals surface area (Å²) in [5.41, 5.74) is 2.61. The molecule has 5 nitrogen and oxygen atoms in total. The summed E-state index contributed by atoms with van der Waals surface area (Å²) in [4.78, 5) is 17.0. The van der Waals surface area contributed by atoms with Crippen LogP contribution in [0.1, 0.15) is 18.5 Å². The van der Waals surface area contributed by atoms with Gasteiger partial charge in [0.2, 0.25) is 5.78 Å². The Labute approximate surface area is 121 Å². The minimum absolute atomic E-state index is 0.0280. The summed E-state index contributed by atoms with van der Waals surface area (Å²) in [5.74, 6) is 0.705. The molecule has 1 aromatic carbocycles. The molecule has 3 heterocycles. The van der Waals surface area contributed by atoms with Crippen molar-refractivity contribution in [3.8, 4) is 0 Å². The predicted molar refractivity (Wildman–Crippen MR) is 80.7 cm³/mol. The van der Waals surface area contributed by atoms with Gasteiger partial charge in [-0.2, -0.15) is 0 Å². The molecule has 0 amide bonds. The van der Waals surface area contributed by atoms with E-state index in [2.05, 4.69) is 9.55 Å². The molecule has 2 aromatic heterocycles. The molecule has 21 heavy (non-hydrogen) atoms. The van der Waals surface area contributed by atoms with Crippen molar-refractivity contribution in [1.82, 2.24) is 14.0 Å². The molecule has 3 aromatic rings. The van der Waals surface area contributed by atoms with Crippen LogP contribution in [0.2, 0.25) is 0 Å². The second-order valence-corrected chi connectivity index (χ2v) is 5.61. The molecule has 1 atom stereocenters. The highest BCUT2D eigenvalue weighted by molar-refractivity contribution is 5.79. The molecule has 0 aliphatic carbocycles. The Balaban J connectivity index is 1.98. The SMILES string of the molecule is Cc1cc(=O)n2c3ccccc3nc2n1CC1CCCO1. The Morgan fingerprint density at radius 3 is 3.05 bits per heavy atom. The number of hydrogen-bond acceptors (Lipinski definition) is 3. The maximum Gasteiger partial charge on any atom is 0.259 e. The average molecular weight is 283 g/mol. The molecule has 1 aliphatic rings. The standard InChI is InChI=1S/C16H17N3O2/c1-11-9-15(20)19-14-7-3-2-6-13(14)17-16(19)18(11)10-12-5-4-8-21-12/h2-3,6-7,9,12H,4-5,8,10H2,1H3. The molecule has 0 spiro atoms. The van der Waals surface area contributed by atoms with Gasteiger partial charge in [-0.1, -0.05) is 12.1 Å². The third-order valence-corrected chi connectivity index (χ3v) is 4.17. The zero-order valence-corrected chi connectivity index (χ0v) is 12.0. The van der Waals surface area contributed by atoms with E-state index in [0.29, 0.717) is 5.78 Å². The monoisotopic (exact) mass is 283 g/mol. The maximum absolute atomic E-state index is 12.3. The van der Waals surface area contributed by atoms with E-state index in [1.807, 2.05) is 31.2 Å². The summed E-state index contributed by atoms with van der Waals surface area (Å²) in [5, 5.41) is 0. The molecule has 4 rings (SSSR count). The van der Waals surface area contributed by atoms with E-state index in [1.165, 1.54) is 0 Å². The quantitative estimate of drug-likeness (QED) is 0.724. The van der Waals surface area contributed by atoms with Gasteiger partial charge >= 0.3 is 0 Å². The van der Waals surface area contributed by atoms with Crippen LogP contribution < -0.4 is 5.56 Å². The van der Waals surface area contributed by atoms with E-state index in [0.717, 1.165) is 42.7 Å². The van der Waals surface area contributed by atoms with Crippen LogP contribution in [0.15, 0.2) is 35.1 Å². The number of hydrogen-bond donors (Lipinski definition) is 0. The molecule has 1 saturated heterocycles. The summed E-state index contributed by atoms with van der Waals surface area (Å²) >= 11 is 0. The second kappa shape index (κ2) is 4.70. The van der Waals surface area contributed by atoms with Gasteiger partial charge in [0.05, 0.1) is 23.7 Å². The Morgan fingerprint density at radius 1 is 1.38 bits per heavy atom. The van der Waals surface area contributed by atoms with Crippen LogP contribution in [-0.4, -0.2) is 26.7 Å². The molecule has 108 valence electrons. The van der Waals surface area contributed by atoms with Crippen molar-refractivity contribution in [2.24, 2.45) is 0 Å². The fraction of sp³-hybridized carbons (Fsp3) is 0.375. The molecular formula is C16H17N3O2. The molecule has 0 N–H and O–H groups in total. The molecule has 0 bridgehead atoms. The van der Waals surface area contributed by atoms with E-state index < -0.39 is 0 Å². The Morgan fingerprint density at radius 2 is 2.24 bits per heavy atom. The number of rotatable bonds is 2. The minimum Gasteiger partial charge on any atom is -0.376 e. The van der Waals surface area contributed by atoms with Gasteiger partial charge in [-0.05, 0) is 31.9 Å². The highest BCUT2D eigenvalue weighted by atomic mass is 16.5. The molecule has 0 saturated carbocycles. The van der Waals surface area contributed by atoms with Crippen molar-refractivity contribution in [2.45, 2.75) is 32.4 Å². The van der Waals surface area contributed by atoms with Gasteiger partial charge in [-0.3, -0.25) is 4.79 Å². The second-order valence-electron chi connectivity index (χ2n) is 5.61. The molecular weight excluding hydrogens is 266 g/mol. The topological polar surface area (TPSA) is 48.5 Å². The number of imidazole rings is 1. The highest BCUT2D eigenvalue weighted by Crippen LogP contribution is 2.19. The summed E-state index contributed by atoms with van der Waals surface area (Å²) in [6.45, 7) is 3.53. The van der Waals surface area contributed by atoms with Crippen LogP contribution in [0.5, 0.6) is 0 Å². The first-order valence-electron chi connectivity index (χ1n) is 7.33. The molecule has 1 fully saturated rings. The first-order chi connectivity index (χ1) is 10.2. The normalized spacial score (nSPS) is 18.8. The first kappa shape index (κ1) is 12.6. The van der Waals surface area contributed by atoms with Crippen molar-refractivity contribution in [3.63, 3.8) is 0 Å². The summed E-state index contributed by atoms with van der Waals surface area (Å²) in [6.07, 6.45) is 2.39. The number of ether oxygens (including phenoxy) is 1. The van der Waals surface area contributed by atoms with E-state index in [9.17, 15) is 4.79 Å². The first-order valence-corrected chi connectivity index (χ1v) is 7.33. The van der Waals surface area contributed by atoms with Crippen molar-refractivity contribution in [2.75, 3.05) is 6.61 Å². The predicted octanol–water partition coefficient (Wildman–Crippen LogP) is 2.14. The summed E-state index contributed by atoms with van der Waals surface area (Å²) < 4.78 is 9.52. The zero-order valence-electron chi connectivity index (χ0n) is 12.0. The van der Waals surface area contributed by atoms with Crippen molar-refractivity contribution in [1.29, 1.82) is 0 Å². The number of nitrogens with zero attached hydrogens (tertiary/aromatic N) is 3. The molecule has 5 heteroatoms. The number of aromatic nitrogens is 3. The lowest BCUT2D eigenvalue weighted by Gasteiger charge is -2.16. The minimum atomic E-state index is -0.0280. The van der Waals surface area contributed by atoms with Gasteiger partial charge in [0.1, 0.15) is 0 Å². The summed E-state index contributed by atoms with van der Waals surface area (Å²) in [7, 11) is 0. The van der Waals surface area contributed by atoms with Gasteiger partial charge in [-0.15, -0.1) is 0 Å². The lowest BCUT2D eigenvalue weighted by molar-refractivity contribution is 0.0970. The third kappa shape index (κ3) is 1.96. The smallest absolute Gasteiger partial charge is 0.259 e. The van der Waals surface area contributed by atoms with Gasteiger partial charge < -0.3 is 9.30 Å². The highest BCUT2D eigenvalue weighted by Gasteiger charge is 2.19. The van der Waals surface area contributed by atoms with Gasteiger partial charge in [-0.25, -0.2) is 9.38 Å². The number of fused-ring (bicyclic) bond motifs is 3. The Hall–Kier alpha value is -2.14. The summed E-state index contributed by atoms with van der Waals surface area (Å²) in [6, 6.07) is 9.42. The van der Waals surface area contributed by atoms with Crippen LogP contribution in [0, 0.1) is 6.92 Å². The van der Waals surface area contributed by atoms with Crippen LogP contribution in [0.3, 0.4) is 0 Å². The largest absolute Gasteiger partial charge is 0.376 e. The number of aryl methyl sites for hydroxylation is 1. The zero-order chi connectivity index (χ0) is 14.4. The molecule has 0 radical (unpaired) electrons. The van der Waals surface area contributed by atoms with Gasteiger partial charge in [0.25, 0.3) is 5.56 Å². The lowest BCUT2D eigenvalue weighted by Crippen LogP contribution is -2.23.